The molecule has 1 amide bonds. The Hall–Kier alpha value is -2.40. The van der Waals surface area contributed by atoms with Crippen molar-refractivity contribution >= 4 is 17.5 Å². The topological polar surface area (TPSA) is 56.8 Å². The van der Waals surface area contributed by atoms with E-state index in [0.29, 0.717) is 22.3 Å². The van der Waals surface area contributed by atoms with Crippen molar-refractivity contribution in [3.05, 3.63) is 53.1 Å². The molecule has 0 aliphatic carbocycles. The fourth-order valence-corrected chi connectivity index (χ4v) is 2.76. The number of methoxy groups -OCH3 is 2. The van der Waals surface area contributed by atoms with Crippen molar-refractivity contribution in [2.75, 3.05) is 14.2 Å². The first-order valence-electron chi connectivity index (χ1n) is 8.43. The first-order chi connectivity index (χ1) is 12.5. The molecule has 0 saturated carbocycles. The highest BCUT2D eigenvalue weighted by molar-refractivity contribution is 6.30. The van der Waals surface area contributed by atoms with Gasteiger partial charge in [0.05, 0.1) is 20.3 Å². The molecule has 0 bridgehead atoms. The predicted octanol–water partition coefficient (Wildman–Crippen LogP) is 4.39. The zero-order valence-electron chi connectivity index (χ0n) is 15.4. The van der Waals surface area contributed by atoms with Gasteiger partial charge in [0.1, 0.15) is 5.75 Å². The van der Waals surface area contributed by atoms with Crippen LogP contribution in [0.5, 0.6) is 17.2 Å². The maximum Gasteiger partial charge on any atom is 0.261 e. The number of amides is 1. The molecule has 0 saturated heterocycles. The minimum Gasteiger partial charge on any atom is -0.493 e. The standard InChI is InChI=1S/C20H24ClNO4/c1-5-17(14-9-10-18(24-3)19(11-14)25-4)22-20(23)13(2)26-16-8-6-7-15(21)12-16/h6-13,17H,5H2,1-4H3,(H,22,23)/t13-,17-/m0/s1. The van der Waals surface area contributed by atoms with Gasteiger partial charge in [-0.15, -0.1) is 0 Å². The lowest BCUT2D eigenvalue weighted by Crippen LogP contribution is -2.38. The number of benzene rings is 2. The van der Waals surface area contributed by atoms with E-state index < -0.39 is 6.10 Å². The van der Waals surface area contributed by atoms with Gasteiger partial charge in [-0.25, -0.2) is 0 Å². The van der Waals surface area contributed by atoms with Crippen molar-refractivity contribution in [1.29, 1.82) is 0 Å². The molecule has 0 aromatic heterocycles. The van der Waals surface area contributed by atoms with Crippen LogP contribution in [0, 0.1) is 0 Å². The fraction of sp³-hybridized carbons (Fsp3) is 0.350. The van der Waals surface area contributed by atoms with Gasteiger partial charge in [-0.3, -0.25) is 4.79 Å². The number of carbonyl (C=O) groups is 1. The lowest BCUT2D eigenvalue weighted by Gasteiger charge is -2.22. The second-order valence-electron chi connectivity index (χ2n) is 5.80. The molecule has 0 aliphatic heterocycles. The number of halogens is 1. The molecule has 0 spiro atoms. The Bertz CT molecular complexity index is 750. The van der Waals surface area contributed by atoms with E-state index in [9.17, 15) is 4.79 Å². The number of hydrogen-bond acceptors (Lipinski definition) is 4. The molecule has 0 unspecified atom stereocenters. The second kappa shape index (κ2) is 9.34. The van der Waals surface area contributed by atoms with Crippen LogP contribution in [0.15, 0.2) is 42.5 Å². The smallest absolute Gasteiger partial charge is 0.261 e. The summed E-state index contributed by atoms with van der Waals surface area (Å²) < 4.78 is 16.3. The van der Waals surface area contributed by atoms with Crippen LogP contribution >= 0.6 is 11.6 Å². The Morgan fingerprint density at radius 1 is 1.12 bits per heavy atom. The summed E-state index contributed by atoms with van der Waals surface area (Å²) in [4.78, 5) is 12.5. The molecule has 2 aromatic carbocycles. The third-order valence-electron chi connectivity index (χ3n) is 4.01. The Morgan fingerprint density at radius 2 is 1.85 bits per heavy atom. The van der Waals surface area contributed by atoms with Crippen LogP contribution in [-0.4, -0.2) is 26.2 Å². The van der Waals surface area contributed by atoms with Gasteiger partial charge in [0, 0.05) is 5.02 Å². The molecule has 5 nitrogen and oxygen atoms in total. The Labute approximate surface area is 159 Å². The summed E-state index contributed by atoms with van der Waals surface area (Å²) in [5.74, 6) is 1.63. The number of hydrogen-bond donors (Lipinski definition) is 1. The summed E-state index contributed by atoms with van der Waals surface area (Å²) in [6.45, 7) is 3.71. The minimum absolute atomic E-state index is 0.160. The summed E-state index contributed by atoms with van der Waals surface area (Å²) in [6, 6.07) is 12.4. The summed E-state index contributed by atoms with van der Waals surface area (Å²) in [6.07, 6.45) is 0.0770. The van der Waals surface area contributed by atoms with Crippen molar-refractivity contribution in [2.45, 2.75) is 32.4 Å². The van der Waals surface area contributed by atoms with E-state index >= 15 is 0 Å². The van der Waals surface area contributed by atoms with Crippen LogP contribution in [0.3, 0.4) is 0 Å². The average molecular weight is 378 g/mol. The van der Waals surface area contributed by atoms with E-state index in [4.69, 9.17) is 25.8 Å². The third-order valence-corrected chi connectivity index (χ3v) is 4.25. The SMILES string of the molecule is CC[C@H](NC(=O)[C@H](C)Oc1cccc(Cl)c1)c1ccc(OC)c(OC)c1. The Balaban J connectivity index is 2.07. The molecular formula is C20H24ClNO4. The molecular weight excluding hydrogens is 354 g/mol. The summed E-state index contributed by atoms with van der Waals surface area (Å²) in [7, 11) is 3.17. The van der Waals surface area contributed by atoms with Crippen LogP contribution in [0.1, 0.15) is 31.9 Å². The van der Waals surface area contributed by atoms with Gasteiger partial charge < -0.3 is 19.5 Å². The maximum absolute atomic E-state index is 12.5. The molecule has 0 heterocycles. The molecule has 0 aliphatic rings. The van der Waals surface area contributed by atoms with Crippen LogP contribution in [0.4, 0.5) is 0 Å². The highest BCUT2D eigenvalue weighted by Crippen LogP contribution is 2.31. The Kier molecular flexibility index (Phi) is 7.16. The van der Waals surface area contributed by atoms with E-state index in [1.54, 1.807) is 45.4 Å². The van der Waals surface area contributed by atoms with E-state index in [0.717, 1.165) is 12.0 Å². The second-order valence-corrected chi connectivity index (χ2v) is 6.24. The molecule has 2 rings (SSSR count). The third kappa shape index (κ3) is 5.05. The first kappa shape index (κ1) is 19.9. The van der Waals surface area contributed by atoms with Gasteiger partial charge >= 0.3 is 0 Å². The molecule has 1 N–H and O–H groups in total. The van der Waals surface area contributed by atoms with Crippen molar-refractivity contribution in [1.82, 2.24) is 5.32 Å². The van der Waals surface area contributed by atoms with Gasteiger partial charge in [-0.05, 0) is 49.2 Å². The van der Waals surface area contributed by atoms with Gasteiger partial charge in [0.25, 0.3) is 5.91 Å². The molecule has 2 atom stereocenters. The monoisotopic (exact) mass is 377 g/mol. The molecule has 0 fully saturated rings. The van der Waals surface area contributed by atoms with Gasteiger partial charge in [-0.2, -0.15) is 0 Å². The zero-order valence-corrected chi connectivity index (χ0v) is 16.2. The molecule has 6 heteroatoms. The lowest BCUT2D eigenvalue weighted by atomic mass is 10.0. The van der Waals surface area contributed by atoms with Crippen LogP contribution in [0.25, 0.3) is 0 Å². The van der Waals surface area contributed by atoms with Crippen molar-refractivity contribution in [3.8, 4) is 17.2 Å². The normalized spacial score (nSPS) is 12.8. The average Bonchev–Trinajstić information content (AvgIpc) is 2.65. The van der Waals surface area contributed by atoms with Crippen molar-refractivity contribution in [2.24, 2.45) is 0 Å². The molecule has 0 radical (unpaired) electrons. The van der Waals surface area contributed by atoms with E-state index in [2.05, 4.69) is 5.32 Å². The summed E-state index contributed by atoms with van der Waals surface area (Å²) in [5.41, 5.74) is 0.938. The minimum atomic E-state index is -0.650. The molecule has 26 heavy (non-hydrogen) atoms. The van der Waals surface area contributed by atoms with E-state index in [-0.39, 0.29) is 11.9 Å². The summed E-state index contributed by atoms with van der Waals surface area (Å²) >= 11 is 5.95. The van der Waals surface area contributed by atoms with E-state index in [1.807, 2.05) is 25.1 Å². The van der Waals surface area contributed by atoms with Gasteiger partial charge in [-0.1, -0.05) is 30.7 Å². The van der Waals surface area contributed by atoms with Gasteiger partial charge in [0.15, 0.2) is 17.6 Å². The first-order valence-corrected chi connectivity index (χ1v) is 8.80. The number of carbonyl (C=O) groups excluding carboxylic acids is 1. The van der Waals surface area contributed by atoms with E-state index in [1.165, 1.54) is 0 Å². The zero-order chi connectivity index (χ0) is 19.1. The van der Waals surface area contributed by atoms with Crippen molar-refractivity contribution in [3.63, 3.8) is 0 Å². The van der Waals surface area contributed by atoms with Crippen LogP contribution in [-0.2, 0) is 4.79 Å². The van der Waals surface area contributed by atoms with Crippen molar-refractivity contribution < 1.29 is 19.0 Å². The maximum atomic E-state index is 12.5. The quantitative estimate of drug-likeness (QED) is 0.741. The number of ether oxygens (including phenoxy) is 3. The molecule has 140 valence electrons. The van der Waals surface area contributed by atoms with Crippen LogP contribution < -0.4 is 19.5 Å². The fourth-order valence-electron chi connectivity index (χ4n) is 2.58. The molecule has 2 aromatic rings. The predicted molar refractivity (Wildman–Crippen MR) is 102 cm³/mol. The Morgan fingerprint density at radius 3 is 2.46 bits per heavy atom. The highest BCUT2D eigenvalue weighted by atomic mass is 35.5. The number of rotatable bonds is 8. The van der Waals surface area contributed by atoms with Crippen LogP contribution in [0.2, 0.25) is 5.02 Å². The lowest BCUT2D eigenvalue weighted by molar-refractivity contribution is -0.128. The highest BCUT2D eigenvalue weighted by Gasteiger charge is 2.20. The number of nitrogens with one attached hydrogen (secondary N) is 1. The largest absolute Gasteiger partial charge is 0.493 e. The van der Waals surface area contributed by atoms with Gasteiger partial charge in [0.2, 0.25) is 0 Å². The summed E-state index contributed by atoms with van der Waals surface area (Å²) in [5, 5.41) is 3.58.